The summed E-state index contributed by atoms with van der Waals surface area (Å²) in [4.78, 5) is 12.5. The van der Waals surface area contributed by atoms with Gasteiger partial charge in [0.25, 0.3) is 0 Å². The van der Waals surface area contributed by atoms with E-state index in [0.717, 1.165) is 17.4 Å². The number of fused-ring (bicyclic) bond motifs is 1. The van der Waals surface area contributed by atoms with E-state index in [2.05, 4.69) is 6.92 Å². The van der Waals surface area contributed by atoms with Gasteiger partial charge in [-0.25, -0.2) is 4.79 Å². The van der Waals surface area contributed by atoms with Crippen LogP contribution in [0, 0.1) is 0 Å². The molecule has 1 aromatic heterocycles. The predicted octanol–water partition coefficient (Wildman–Crippen LogP) is 4.34. The van der Waals surface area contributed by atoms with Crippen molar-refractivity contribution in [2.24, 2.45) is 0 Å². The van der Waals surface area contributed by atoms with Gasteiger partial charge in [-0.05, 0) is 24.1 Å². The van der Waals surface area contributed by atoms with Crippen LogP contribution in [-0.2, 0) is 0 Å². The zero-order valence-corrected chi connectivity index (χ0v) is 12.7. The second kappa shape index (κ2) is 6.06. The van der Waals surface area contributed by atoms with Crippen molar-refractivity contribution >= 4 is 11.0 Å². The van der Waals surface area contributed by atoms with Gasteiger partial charge in [-0.3, -0.25) is 0 Å². The smallest absolute Gasteiger partial charge is 0.343 e. The number of hydrogen-bond donors (Lipinski definition) is 0. The number of ether oxygens (including phenoxy) is 1. The van der Waals surface area contributed by atoms with E-state index in [9.17, 15) is 4.79 Å². The summed E-state index contributed by atoms with van der Waals surface area (Å²) in [5.41, 5.74) is 1.91. The summed E-state index contributed by atoms with van der Waals surface area (Å²) in [5.74, 6) is 0.569. The molecule has 0 unspecified atom stereocenters. The van der Waals surface area contributed by atoms with Gasteiger partial charge < -0.3 is 9.15 Å². The molecule has 3 rings (SSSR count). The van der Waals surface area contributed by atoms with Crippen LogP contribution < -0.4 is 10.4 Å². The lowest BCUT2D eigenvalue weighted by Crippen LogP contribution is -2.15. The predicted molar refractivity (Wildman–Crippen MR) is 87.6 cm³/mol. The second-order valence-electron chi connectivity index (χ2n) is 5.20. The van der Waals surface area contributed by atoms with Gasteiger partial charge in [-0.15, -0.1) is 0 Å². The van der Waals surface area contributed by atoms with Crippen LogP contribution in [0.4, 0.5) is 0 Å². The number of para-hydroxylation sites is 1. The molecule has 0 radical (unpaired) electrons. The van der Waals surface area contributed by atoms with E-state index in [-0.39, 0.29) is 11.5 Å². The largest absolute Gasteiger partial charge is 0.495 e. The van der Waals surface area contributed by atoms with Crippen molar-refractivity contribution in [1.82, 2.24) is 0 Å². The normalized spacial score (nSPS) is 12.3. The number of benzene rings is 2. The van der Waals surface area contributed by atoms with Crippen molar-refractivity contribution in [2.75, 3.05) is 7.11 Å². The zero-order valence-electron chi connectivity index (χ0n) is 12.7. The Morgan fingerprint density at radius 2 is 1.73 bits per heavy atom. The number of rotatable bonds is 4. The maximum Gasteiger partial charge on any atom is 0.343 e. The maximum atomic E-state index is 12.5. The standard InChI is InChI=1S/C19H18O3/c1-3-14(13-9-5-4-6-10-13)17-18(21-2)15-11-7-8-12-16(15)22-19(17)20/h4-12,14H,3H2,1-2H3/t14-/m0/s1. The molecule has 22 heavy (non-hydrogen) atoms. The van der Waals surface area contributed by atoms with E-state index in [1.54, 1.807) is 13.2 Å². The van der Waals surface area contributed by atoms with Gasteiger partial charge in [-0.1, -0.05) is 49.4 Å². The van der Waals surface area contributed by atoms with E-state index in [1.165, 1.54) is 0 Å². The van der Waals surface area contributed by atoms with Crippen molar-refractivity contribution in [2.45, 2.75) is 19.3 Å². The first-order valence-corrected chi connectivity index (χ1v) is 7.41. The van der Waals surface area contributed by atoms with E-state index in [0.29, 0.717) is 16.9 Å². The molecule has 112 valence electrons. The van der Waals surface area contributed by atoms with E-state index < -0.39 is 0 Å². The molecule has 2 aromatic carbocycles. The molecule has 3 aromatic rings. The summed E-state index contributed by atoms with van der Waals surface area (Å²) in [6.45, 7) is 2.06. The lowest BCUT2D eigenvalue weighted by molar-refractivity contribution is 0.402. The first kappa shape index (κ1) is 14.4. The van der Waals surface area contributed by atoms with Crippen molar-refractivity contribution in [1.29, 1.82) is 0 Å². The molecular formula is C19H18O3. The minimum Gasteiger partial charge on any atom is -0.495 e. The lowest BCUT2D eigenvalue weighted by Gasteiger charge is -2.18. The third-order valence-corrected chi connectivity index (χ3v) is 3.96. The van der Waals surface area contributed by atoms with Crippen LogP contribution in [0.5, 0.6) is 5.75 Å². The quantitative estimate of drug-likeness (QED) is 0.672. The molecule has 1 atom stereocenters. The minimum absolute atomic E-state index is 0.0444. The maximum absolute atomic E-state index is 12.5. The van der Waals surface area contributed by atoms with Crippen LogP contribution in [0.15, 0.2) is 63.8 Å². The van der Waals surface area contributed by atoms with Crippen molar-refractivity contribution in [3.8, 4) is 5.75 Å². The summed E-state index contributed by atoms with van der Waals surface area (Å²) in [6.07, 6.45) is 0.795. The van der Waals surface area contributed by atoms with E-state index >= 15 is 0 Å². The monoisotopic (exact) mass is 294 g/mol. The molecular weight excluding hydrogens is 276 g/mol. The first-order valence-electron chi connectivity index (χ1n) is 7.41. The molecule has 0 amide bonds. The average molecular weight is 294 g/mol. The molecule has 0 bridgehead atoms. The fourth-order valence-corrected chi connectivity index (χ4v) is 2.95. The molecule has 3 heteroatoms. The Morgan fingerprint density at radius 3 is 2.41 bits per heavy atom. The van der Waals surface area contributed by atoms with E-state index in [4.69, 9.17) is 9.15 Å². The van der Waals surface area contributed by atoms with Crippen LogP contribution in [0.25, 0.3) is 11.0 Å². The third kappa shape index (κ3) is 2.39. The Morgan fingerprint density at radius 1 is 1.05 bits per heavy atom. The van der Waals surface area contributed by atoms with Crippen LogP contribution in [-0.4, -0.2) is 7.11 Å². The molecule has 0 N–H and O–H groups in total. The van der Waals surface area contributed by atoms with Gasteiger partial charge in [0.05, 0.1) is 18.1 Å². The molecule has 0 aliphatic rings. The van der Waals surface area contributed by atoms with Gasteiger partial charge in [0.2, 0.25) is 0 Å². The van der Waals surface area contributed by atoms with Gasteiger partial charge in [0.15, 0.2) is 0 Å². The highest BCUT2D eigenvalue weighted by Gasteiger charge is 2.23. The highest BCUT2D eigenvalue weighted by Crippen LogP contribution is 2.36. The summed E-state index contributed by atoms with van der Waals surface area (Å²) in [6, 6.07) is 17.4. The fourth-order valence-electron chi connectivity index (χ4n) is 2.95. The average Bonchev–Trinajstić information content (AvgIpc) is 2.57. The van der Waals surface area contributed by atoms with Crippen LogP contribution in [0.3, 0.4) is 0 Å². The molecule has 1 heterocycles. The van der Waals surface area contributed by atoms with Crippen molar-refractivity contribution in [3.05, 3.63) is 76.1 Å². The highest BCUT2D eigenvalue weighted by atomic mass is 16.5. The van der Waals surface area contributed by atoms with Crippen molar-refractivity contribution < 1.29 is 9.15 Å². The topological polar surface area (TPSA) is 39.4 Å². The first-order chi connectivity index (χ1) is 10.8. The molecule has 0 saturated heterocycles. The third-order valence-electron chi connectivity index (χ3n) is 3.96. The van der Waals surface area contributed by atoms with Crippen LogP contribution in [0.1, 0.15) is 30.4 Å². The molecule has 0 aliphatic carbocycles. The lowest BCUT2D eigenvalue weighted by atomic mass is 9.89. The molecule has 0 fully saturated rings. The zero-order chi connectivity index (χ0) is 15.5. The summed E-state index contributed by atoms with van der Waals surface area (Å²) < 4.78 is 11.1. The van der Waals surface area contributed by atoms with Gasteiger partial charge in [0, 0.05) is 5.92 Å². The summed E-state index contributed by atoms with van der Waals surface area (Å²) in [5, 5.41) is 0.828. The van der Waals surface area contributed by atoms with Gasteiger partial charge in [-0.2, -0.15) is 0 Å². The van der Waals surface area contributed by atoms with E-state index in [1.807, 2.05) is 48.5 Å². The SMILES string of the molecule is CC[C@@H](c1ccccc1)c1c(OC)c2ccccc2oc1=O. The molecule has 0 aliphatic heterocycles. The Bertz CT molecular complexity index is 834. The summed E-state index contributed by atoms with van der Waals surface area (Å²) >= 11 is 0. The molecule has 3 nitrogen and oxygen atoms in total. The number of methoxy groups -OCH3 is 1. The highest BCUT2D eigenvalue weighted by molar-refractivity contribution is 5.84. The molecule has 0 spiro atoms. The fraction of sp³-hybridized carbons (Fsp3) is 0.211. The number of hydrogen-bond acceptors (Lipinski definition) is 3. The second-order valence-corrected chi connectivity index (χ2v) is 5.20. The Kier molecular flexibility index (Phi) is 3.96. The van der Waals surface area contributed by atoms with Gasteiger partial charge >= 0.3 is 5.63 Å². The Hall–Kier alpha value is -2.55. The Labute approximate surface area is 129 Å². The van der Waals surface area contributed by atoms with Crippen LogP contribution >= 0.6 is 0 Å². The minimum atomic E-state index is -0.328. The van der Waals surface area contributed by atoms with Crippen molar-refractivity contribution in [3.63, 3.8) is 0 Å². The molecule has 0 saturated carbocycles. The Balaban J connectivity index is 2.29. The summed E-state index contributed by atoms with van der Waals surface area (Å²) in [7, 11) is 1.60. The van der Waals surface area contributed by atoms with Gasteiger partial charge in [0.1, 0.15) is 11.3 Å². The van der Waals surface area contributed by atoms with Crippen LogP contribution in [0.2, 0.25) is 0 Å².